The smallest absolute Gasteiger partial charge is 0.370 e. The molecular weight excluding hydrogens is 382 g/mol. The van der Waals surface area contributed by atoms with Crippen LogP contribution in [0.2, 0.25) is 0 Å². The molecule has 2 N–H and O–H groups in total. The Kier molecular flexibility index (Phi) is 5.63. The topological polar surface area (TPSA) is 76.9 Å². The van der Waals surface area contributed by atoms with Crippen LogP contribution in [0.3, 0.4) is 0 Å². The van der Waals surface area contributed by atoms with E-state index >= 15 is 0 Å². The van der Waals surface area contributed by atoms with E-state index in [1.165, 1.54) is 0 Å². The number of halogens is 3. The summed E-state index contributed by atoms with van der Waals surface area (Å²) in [6, 6.07) is 1.61. The van der Waals surface area contributed by atoms with Crippen LogP contribution in [0.1, 0.15) is 37.9 Å². The highest BCUT2D eigenvalue weighted by Gasteiger charge is 2.37. The first-order chi connectivity index (χ1) is 13.4. The van der Waals surface area contributed by atoms with Crippen molar-refractivity contribution in [3.63, 3.8) is 0 Å². The van der Waals surface area contributed by atoms with Crippen molar-refractivity contribution in [3.8, 4) is 0 Å². The van der Waals surface area contributed by atoms with E-state index in [0.29, 0.717) is 18.5 Å². The van der Waals surface area contributed by atoms with Crippen LogP contribution in [0.15, 0.2) is 12.3 Å². The van der Waals surface area contributed by atoms with Gasteiger partial charge in [0.05, 0.1) is 29.2 Å². The molecule has 1 fully saturated rings. The van der Waals surface area contributed by atoms with Gasteiger partial charge in [0.2, 0.25) is 5.95 Å². The quantitative estimate of drug-likeness (QED) is 0.723. The van der Waals surface area contributed by atoms with Crippen molar-refractivity contribution in [2.45, 2.75) is 43.7 Å². The average molecular weight is 400 g/mol. The summed E-state index contributed by atoms with van der Waals surface area (Å²) in [6.07, 6.45) is -2.31. The van der Waals surface area contributed by atoms with E-state index in [1.54, 1.807) is 13.0 Å². The highest BCUT2D eigenvalue weighted by atomic mass is 19.4. The van der Waals surface area contributed by atoms with Gasteiger partial charge >= 0.3 is 6.18 Å². The Bertz CT molecular complexity index is 878. The third-order valence-electron chi connectivity index (χ3n) is 4.52. The zero-order chi connectivity index (χ0) is 21.4. The van der Waals surface area contributed by atoms with Crippen LogP contribution >= 0.6 is 0 Å². The highest BCUT2D eigenvalue weighted by molar-refractivity contribution is 6.56. The van der Waals surface area contributed by atoms with Gasteiger partial charge in [-0.05, 0) is 31.9 Å². The molecule has 29 heavy (non-hydrogen) atoms. The van der Waals surface area contributed by atoms with Crippen LogP contribution in [0.25, 0.3) is 0 Å². The predicted octanol–water partition coefficient (Wildman–Crippen LogP) is 1.97. The maximum atomic E-state index is 13.2. The lowest BCUT2D eigenvalue weighted by molar-refractivity contribution is -0.137. The zero-order valence-corrected chi connectivity index (χ0v) is 16.0. The van der Waals surface area contributed by atoms with Gasteiger partial charge in [-0.25, -0.2) is 4.98 Å². The summed E-state index contributed by atoms with van der Waals surface area (Å²) in [5, 5.41) is 7.86. The number of hydrogen-bond donors (Lipinski definition) is 2. The molecule has 0 bridgehead atoms. The summed E-state index contributed by atoms with van der Waals surface area (Å²) in [5.74, 6) is -0.246. The van der Waals surface area contributed by atoms with Crippen molar-refractivity contribution in [3.05, 3.63) is 23.5 Å². The van der Waals surface area contributed by atoms with Gasteiger partial charge in [-0.1, -0.05) is 0 Å². The Morgan fingerprint density at radius 3 is 2.59 bits per heavy atom. The number of nitrogens with zero attached hydrogens (tertiary/aromatic N) is 4. The van der Waals surface area contributed by atoms with Crippen molar-refractivity contribution < 1.29 is 17.9 Å². The van der Waals surface area contributed by atoms with Crippen LogP contribution in [0.4, 0.5) is 30.8 Å². The van der Waals surface area contributed by atoms with Gasteiger partial charge in [0.15, 0.2) is 0 Å². The van der Waals surface area contributed by atoms with Crippen molar-refractivity contribution in [2.75, 3.05) is 23.8 Å². The third-order valence-corrected chi connectivity index (χ3v) is 4.52. The SMILES string of the molecule is [B]C([B])([B])n1nc([C@]2(C)CCCO2)cc1Nc1ncc(C(F)(F)F)c(NCC)n1. The van der Waals surface area contributed by atoms with Gasteiger partial charge < -0.3 is 15.4 Å². The Morgan fingerprint density at radius 1 is 1.31 bits per heavy atom. The standard InChI is InChI=1S/C16H18B3F3N6O/c1-3-23-12-9(15(20,21)22)8-24-13(26-12)25-11-7-10(14(2)5-4-6-29-14)27-28(11)16(17,18)19/h7-8H,3-6H2,1-2H3,(H2,23,24,25,26)/t14-/m0/s1. The van der Waals surface area contributed by atoms with Gasteiger partial charge in [0, 0.05) is 25.4 Å². The Morgan fingerprint density at radius 2 is 2.03 bits per heavy atom. The Labute approximate surface area is 170 Å². The fourth-order valence-electron chi connectivity index (χ4n) is 3.07. The van der Waals surface area contributed by atoms with Crippen molar-refractivity contribution in [2.24, 2.45) is 0 Å². The van der Waals surface area contributed by atoms with Gasteiger partial charge in [-0.2, -0.15) is 23.3 Å². The molecule has 2 aromatic rings. The van der Waals surface area contributed by atoms with Crippen LogP contribution in [0.5, 0.6) is 0 Å². The molecule has 0 aliphatic carbocycles. The number of rotatable bonds is 6. The molecular formula is C16H18B3F3N6O. The molecule has 0 aromatic carbocycles. The second-order valence-corrected chi connectivity index (χ2v) is 7.01. The van der Waals surface area contributed by atoms with E-state index in [-0.39, 0.29) is 24.1 Å². The van der Waals surface area contributed by atoms with Crippen molar-refractivity contribution >= 4 is 41.1 Å². The molecule has 6 radical (unpaired) electrons. The van der Waals surface area contributed by atoms with E-state index in [0.717, 1.165) is 17.5 Å². The summed E-state index contributed by atoms with van der Waals surface area (Å²) in [4.78, 5) is 7.68. The van der Waals surface area contributed by atoms with Crippen LogP contribution in [0, 0.1) is 0 Å². The normalized spacial score (nSPS) is 20.0. The molecule has 0 amide bonds. The maximum Gasteiger partial charge on any atom is 0.421 e. The summed E-state index contributed by atoms with van der Waals surface area (Å²) >= 11 is 0. The Balaban J connectivity index is 1.99. The van der Waals surface area contributed by atoms with Gasteiger partial charge in [-0.15, -0.1) is 0 Å². The summed E-state index contributed by atoms with van der Waals surface area (Å²) in [5.41, 5.74) is -1.10. The molecule has 2 aromatic heterocycles. The van der Waals surface area contributed by atoms with E-state index < -0.39 is 22.6 Å². The monoisotopic (exact) mass is 400 g/mol. The van der Waals surface area contributed by atoms with Crippen LogP contribution in [-0.4, -0.2) is 56.4 Å². The third kappa shape index (κ3) is 4.54. The van der Waals surface area contributed by atoms with Gasteiger partial charge in [0.25, 0.3) is 0 Å². The largest absolute Gasteiger partial charge is 0.421 e. The van der Waals surface area contributed by atoms with E-state index in [1.807, 2.05) is 6.92 Å². The van der Waals surface area contributed by atoms with Gasteiger partial charge in [-0.3, -0.25) is 4.68 Å². The second kappa shape index (κ2) is 7.58. The number of nitrogens with one attached hydrogen (secondary N) is 2. The summed E-state index contributed by atoms with van der Waals surface area (Å²) in [7, 11) is 17.4. The molecule has 1 saturated heterocycles. The van der Waals surface area contributed by atoms with E-state index in [2.05, 4.69) is 25.7 Å². The first-order valence-electron chi connectivity index (χ1n) is 9.01. The molecule has 148 valence electrons. The molecule has 0 spiro atoms. The minimum Gasteiger partial charge on any atom is -0.370 e. The summed E-state index contributed by atoms with van der Waals surface area (Å²) < 4.78 is 46.3. The molecule has 1 aliphatic rings. The number of hydrogen-bond acceptors (Lipinski definition) is 6. The average Bonchev–Trinajstić information content (AvgIpc) is 3.21. The molecule has 1 atom stereocenters. The summed E-state index contributed by atoms with van der Waals surface area (Å²) in [6.45, 7) is 4.36. The molecule has 3 rings (SSSR count). The minimum atomic E-state index is -4.60. The van der Waals surface area contributed by atoms with Crippen LogP contribution < -0.4 is 10.6 Å². The number of ether oxygens (including phenoxy) is 1. The first-order valence-corrected chi connectivity index (χ1v) is 9.01. The molecule has 3 heterocycles. The lowest BCUT2D eigenvalue weighted by Crippen LogP contribution is -2.37. The maximum absolute atomic E-state index is 13.2. The zero-order valence-electron chi connectivity index (χ0n) is 16.0. The van der Waals surface area contributed by atoms with Crippen LogP contribution in [-0.2, 0) is 21.8 Å². The fraction of sp³-hybridized carbons (Fsp3) is 0.562. The van der Waals surface area contributed by atoms with E-state index in [9.17, 15) is 13.2 Å². The van der Waals surface area contributed by atoms with E-state index in [4.69, 9.17) is 28.3 Å². The minimum absolute atomic E-state index is 0.108. The highest BCUT2D eigenvalue weighted by Crippen LogP contribution is 2.37. The first kappa shape index (κ1) is 21.5. The molecule has 0 saturated carbocycles. The number of alkyl halides is 3. The molecule has 7 nitrogen and oxygen atoms in total. The lowest BCUT2D eigenvalue weighted by Gasteiger charge is -2.25. The number of anilines is 3. The van der Waals surface area contributed by atoms with Crippen molar-refractivity contribution in [1.82, 2.24) is 19.7 Å². The predicted molar refractivity (Wildman–Crippen MR) is 104 cm³/mol. The van der Waals surface area contributed by atoms with Crippen molar-refractivity contribution in [1.29, 1.82) is 0 Å². The van der Waals surface area contributed by atoms with Gasteiger partial charge in [0.1, 0.15) is 22.8 Å². The second-order valence-electron chi connectivity index (χ2n) is 7.01. The molecule has 1 aliphatic heterocycles. The fourth-order valence-corrected chi connectivity index (χ4v) is 3.07. The Hall–Kier alpha value is -2.17. The molecule has 0 unspecified atom stereocenters. The molecule has 13 heteroatoms. The lowest BCUT2D eigenvalue weighted by atomic mass is 9.49. The number of aromatic nitrogens is 4.